The maximum absolute atomic E-state index is 12.3. The van der Waals surface area contributed by atoms with Gasteiger partial charge in [0.15, 0.2) is 5.65 Å². The second-order valence-corrected chi connectivity index (χ2v) is 6.12. The first-order valence-electron chi connectivity index (χ1n) is 8.90. The molecule has 0 radical (unpaired) electrons. The Labute approximate surface area is 148 Å². The van der Waals surface area contributed by atoms with Gasteiger partial charge in [0.1, 0.15) is 11.3 Å². The number of benzene rings is 1. The molecule has 0 atom stereocenters. The summed E-state index contributed by atoms with van der Waals surface area (Å²) in [6, 6.07) is 11.8. The summed E-state index contributed by atoms with van der Waals surface area (Å²) in [7, 11) is 0. The van der Waals surface area contributed by atoms with Crippen LogP contribution in [0.3, 0.4) is 0 Å². The molecule has 25 heavy (non-hydrogen) atoms. The van der Waals surface area contributed by atoms with Crippen LogP contribution in [0.15, 0.2) is 42.6 Å². The van der Waals surface area contributed by atoms with E-state index in [9.17, 15) is 4.79 Å². The van der Waals surface area contributed by atoms with Gasteiger partial charge in [0.2, 0.25) is 5.91 Å². The molecule has 3 rings (SSSR count). The molecule has 2 heterocycles. The summed E-state index contributed by atoms with van der Waals surface area (Å²) in [4.78, 5) is 21.3. The Morgan fingerprint density at radius 2 is 1.96 bits per heavy atom. The minimum atomic E-state index is 0.00677. The third-order valence-corrected chi connectivity index (χ3v) is 4.25. The zero-order valence-corrected chi connectivity index (χ0v) is 14.8. The van der Waals surface area contributed by atoms with Crippen LogP contribution in [0.1, 0.15) is 38.1 Å². The van der Waals surface area contributed by atoms with Gasteiger partial charge in [0, 0.05) is 31.3 Å². The van der Waals surface area contributed by atoms with Gasteiger partial charge in [-0.25, -0.2) is 9.97 Å². The molecule has 2 aromatic heterocycles. The monoisotopic (exact) mass is 336 g/mol. The van der Waals surface area contributed by atoms with Crippen LogP contribution in [0, 0.1) is 0 Å². The van der Waals surface area contributed by atoms with Crippen molar-refractivity contribution >= 4 is 22.8 Å². The third kappa shape index (κ3) is 4.05. The number of carbonyl (C=O) groups is 1. The SMILES string of the molecule is CCCn1c(CCC(=O)Nc2ccc(CC)cc2)nc2cccnc21. The molecule has 1 aromatic carbocycles. The fourth-order valence-corrected chi connectivity index (χ4v) is 2.93. The van der Waals surface area contributed by atoms with E-state index in [2.05, 4.69) is 33.7 Å². The number of imidazole rings is 1. The lowest BCUT2D eigenvalue weighted by molar-refractivity contribution is -0.116. The van der Waals surface area contributed by atoms with Crippen molar-refractivity contribution < 1.29 is 4.79 Å². The Morgan fingerprint density at radius 1 is 1.16 bits per heavy atom. The van der Waals surface area contributed by atoms with Crippen molar-refractivity contribution in [2.45, 2.75) is 46.1 Å². The number of hydrogen-bond donors (Lipinski definition) is 1. The van der Waals surface area contributed by atoms with E-state index in [-0.39, 0.29) is 5.91 Å². The number of pyridine rings is 1. The van der Waals surface area contributed by atoms with Gasteiger partial charge in [-0.2, -0.15) is 0 Å². The van der Waals surface area contributed by atoms with Crippen molar-refractivity contribution in [3.8, 4) is 0 Å². The van der Waals surface area contributed by atoms with E-state index >= 15 is 0 Å². The number of hydrogen-bond acceptors (Lipinski definition) is 3. The molecular formula is C20H24N4O. The molecule has 0 fully saturated rings. The van der Waals surface area contributed by atoms with Gasteiger partial charge in [-0.1, -0.05) is 26.0 Å². The van der Waals surface area contributed by atoms with Crippen LogP contribution in [-0.4, -0.2) is 20.4 Å². The lowest BCUT2D eigenvalue weighted by atomic mass is 10.1. The average molecular weight is 336 g/mol. The fraction of sp³-hybridized carbons (Fsp3) is 0.350. The van der Waals surface area contributed by atoms with Crippen molar-refractivity contribution in [1.29, 1.82) is 0 Å². The highest BCUT2D eigenvalue weighted by Gasteiger charge is 2.12. The Kier molecular flexibility index (Phi) is 5.43. The van der Waals surface area contributed by atoms with Crippen molar-refractivity contribution in [3.05, 3.63) is 54.0 Å². The van der Waals surface area contributed by atoms with E-state index in [0.717, 1.165) is 42.1 Å². The molecular weight excluding hydrogens is 312 g/mol. The predicted octanol–water partition coefficient (Wildman–Crippen LogP) is 3.98. The normalized spacial score (nSPS) is 11.0. The van der Waals surface area contributed by atoms with Gasteiger partial charge >= 0.3 is 0 Å². The summed E-state index contributed by atoms with van der Waals surface area (Å²) in [5.41, 5.74) is 3.89. The summed E-state index contributed by atoms with van der Waals surface area (Å²) >= 11 is 0. The van der Waals surface area contributed by atoms with Crippen LogP contribution < -0.4 is 5.32 Å². The molecule has 5 heteroatoms. The maximum Gasteiger partial charge on any atom is 0.224 e. The quantitative estimate of drug-likeness (QED) is 0.710. The van der Waals surface area contributed by atoms with Crippen LogP contribution in [0.25, 0.3) is 11.2 Å². The van der Waals surface area contributed by atoms with Crippen molar-refractivity contribution in [2.24, 2.45) is 0 Å². The number of anilines is 1. The van der Waals surface area contributed by atoms with Crippen LogP contribution in [0.2, 0.25) is 0 Å². The summed E-state index contributed by atoms with van der Waals surface area (Å²) in [5, 5.41) is 2.96. The molecule has 1 amide bonds. The molecule has 0 aliphatic heterocycles. The molecule has 0 saturated heterocycles. The second-order valence-electron chi connectivity index (χ2n) is 6.12. The molecule has 3 aromatic rings. The Hall–Kier alpha value is -2.69. The molecule has 130 valence electrons. The molecule has 0 aliphatic carbocycles. The predicted molar refractivity (Wildman–Crippen MR) is 101 cm³/mol. The zero-order chi connectivity index (χ0) is 17.6. The van der Waals surface area contributed by atoms with Crippen molar-refractivity contribution in [1.82, 2.24) is 14.5 Å². The number of amides is 1. The smallest absolute Gasteiger partial charge is 0.224 e. The molecule has 0 bridgehead atoms. The minimum Gasteiger partial charge on any atom is -0.326 e. The summed E-state index contributed by atoms with van der Waals surface area (Å²) in [5.74, 6) is 0.930. The van der Waals surface area contributed by atoms with Gasteiger partial charge in [-0.15, -0.1) is 0 Å². The molecule has 0 unspecified atom stereocenters. The van der Waals surface area contributed by atoms with E-state index < -0.39 is 0 Å². The van der Waals surface area contributed by atoms with E-state index in [1.165, 1.54) is 5.56 Å². The Bertz CT molecular complexity index is 852. The van der Waals surface area contributed by atoms with Gasteiger partial charge in [-0.3, -0.25) is 4.79 Å². The number of aromatic nitrogens is 3. The maximum atomic E-state index is 12.3. The van der Waals surface area contributed by atoms with Crippen LogP contribution in [0.5, 0.6) is 0 Å². The highest BCUT2D eigenvalue weighted by molar-refractivity contribution is 5.90. The second kappa shape index (κ2) is 7.92. The highest BCUT2D eigenvalue weighted by atomic mass is 16.1. The van der Waals surface area contributed by atoms with Gasteiger partial charge in [0.25, 0.3) is 0 Å². The van der Waals surface area contributed by atoms with E-state index in [4.69, 9.17) is 0 Å². The number of fused-ring (bicyclic) bond motifs is 1. The lowest BCUT2D eigenvalue weighted by Gasteiger charge is -2.08. The molecule has 1 N–H and O–H groups in total. The number of nitrogens with one attached hydrogen (secondary N) is 1. The first kappa shape index (κ1) is 17.1. The largest absolute Gasteiger partial charge is 0.326 e. The van der Waals surface area contributed by atoms with Crippen LogP contribution in [0.4, 0.5) is 5.69 Å². The highest BCUT2D eigenvalue weighted by Crippen LogP contribution is 2.16. The summed E-state index contributed by atoms with van der Waals surface area (Å²) in [6.45, 7) is 5.11. The number of rotatable bonds is 7. The van der Waals surface area contributed by atoms with Crippen molar-refractivity contribution in [3.63, 3.8) is 0 Å². The number of aryl methyl sites for hydroxylation is 3. The summed E-state index contributed by atoms with van der Waals surface area (Å²) in [6.07, 6.45) is 4.80. The first-order valence-corrected chi connectivity index (χ1v) is 8.90. The Balaban J connectivity index is 1.67. The number of carbonyl (C=O) groups excluding carboxylic acids is 1. The molecule has 0 saturated carbocycles. The lowest BCUT2D eigenvalue weighted by Crippen LogP contribution is -2.14. The van der Waals surface area contributed by atoms with Gasteiger partial charge in [-0.05, 0) is 42.7 Å². The fourth-order valence-electron chi connectivity index (χ4n) is 2.93. The molecule has 0 aliphatic rings. The average Bonchev–Trinajstić information content (AvgIpc) is 2.99. The standard InChI is InChI=1S/C20H24N4O/c1-3-14-24-18(23-17-6-5-13-21-20(17)24)11-12-19(25)22-16-9-7-15(4-2)8-10-16/h5-10,13H,3-4,11-12,14H2,1-2H3,(H,22,25). The zero-order valence-electron chi connectivity index (χ0n) is 14.8. The third-order valence-electron chi connectivity index (χ3n) is 4.25. The molecule has 0 spiro atoms. The van der Waals surface area contributed by atoms with Crippen molar-refractivity contribution in [2.75, 3.05) is 5.32 Å². The van der Waals surface area contributed by atoms with E-state index in [1.54, 1.807) is 6.20 Å². The van der Waals surface area contributed by atoms with E-state index in [0.29, 0.717) is 12.8 Å². The van der Waals surface area contributed by atoms with E-state index in [1.807, 2.05) is 36.4 Å². The minimum absolute atomic E-state index is 0.00677. The molecule has 5 nitrogen and oxygen atoms in total. The Morgan fingerprint density at radius 3 is 2.68 bits per heavy atom. The van der Waals surface area contributed by atoms with Crippen LogP contribution >= 0.6 is 0 Å². The van der Waals surface area contributed by atoms with Crippen LogP contribution in [-0.2, 0) is 24.2 Å². The topological polar surface area (TPSA) is 59.8 Å². The summed E-state index contributed by atoms with van der Waals surface area (Å²) < 4.78 is 2.12. The van der Waals surface area contributed by atoms with Gasteiger partial charge in [0.05, 0.1) is 0 Å². The first-order chi connectivity index (χ1) is 12.2. The van der Waals surface area contributed by atoms with Gasteiger partial charge < -0.3 is 9.88 Å². The number of nitrogens with zero attached hydrogens (tertiary/aromatic N) is 3.